The molecule has 1 aromatic rings. The number of nitrogens with two attached hydrogens (primary N) is 1. The van der Waals surface area contributed by atoms with Crippen LogP contribution in [0.2, 0.25) is 5.02 Å². The summed E-state index contributed by atoms with van der Waals surface area (Å²) in [4.78, 5) is 12.0. The molecule has 1 heterocycles. The van der Waals surface area contributed by atoms with Crippen LogP contribution in [0.1, 0.15) is 13.3 Å². The molecule has 0 bridgehead atoms. The topological polar surface area (TPSA) is 73.6 Å². The third-order valence-electron chi connectivity index (χ3n) is 2.93. The second kappa shape index (κ2) is 6.23. The minimum Gasteiger partial charge on any atom is -0.397 e. The molecule has 2 atom stereocenters. The Balaban J connectivity index is 1.93. The molecule has 2 unspecified atom stereocenters. The van der Waals surface area contributed by atoms with E-state index in [0.717, 1.165) is 6.42 Å². The molecule has 1 aliphatic rings. The molecule has 6 heteroatoms. The van der Waals surface area contributed by atoms with Gasteiger partial charge in [-0.3, -0.25) is 4.79 Å². The molecular formula is C13H17ClN2O3. The van der Waals surface area contributed by atoms with Crippen LogP contribution in [0.3, 0.4) is 0 Å². The summed E-state index contributed by atoms with van der Waals surface area (Å²) in [6, 6.07) is 4.93. The summed E-state index contributed by atoms with van der Waals surface area (Å²) < 4.78 is 10.8. The summed E-state index contributed by atoms with van der Waals surface area (Å²) in [5.41, 5.74) is 6.73. The summed E-state index contributed by atoms with van der Waals surface area (Å²) in [5.74, 6) is -0.249. The van der Waals surface area contributed by atoms with E-state index in [1.807, 2.05) is 0 Å². The van der Waals surface area contributed by atoms with Crippen molar-refractivity contribution in [3.63, 3.8) is 0 Å². The van der Waals surface area contributed by atoms with Crippen molar-refractivity contribution in [1.82, 2.24) is 0 Å². The summed E-state index contributed by atoms with van der Waals surface area (Å²) >= 11 is 5.86. The molecule has 3 N–H and O–H groups in total. The number of carbonyl (C=O) groups is 1. The van der Waals surface area contributed by atoms with Gasteiger partial charge in [-0.05, 0) is 31.5 Å². The molecule has 2 rings (SSSR count). The van der Waals surface area contributed by atoms with Crippen molar-refractivity contribution in [2.75, 3.05) is 24.3 Å². The minimum absolute atomic E-state index is 0.0162. The van der Waals surface area contributed by atoms with E-state index in [0.29, 0.717) is 29.6 Å². The highest BCUT2D eigenvalue weighted by Gasteiger charge is 2.23. The van der Waals surface area contributed by atoms with E-state index in [-0.39, 0.29) is 12.0 Å². The van der Waals surface area contributed by atoms with Crippen LogP contribution in [0.15, 0.2) is 18.2 Å². The molecule has 1 fully saturated rings. The van der Waals surface area contributed by atoms with E-state index in [1.54, 1.807) is 25.1 Å². The van der Waals surface area contributed by atoms with Crippen molar-refractivity contribution < 1.29 is 14.3 Å². The molecule has 1 aliphatic heterocycles. The van der Waals surface area contributed by atoms with Gasteiger partial charge in [0.05, 0.1) is 24.1 Å². The number of nitrogens with one attached hydrogen (secondary N) is 1. The molecule has 0 aliphatic carbocycles. The molecule has 19 heavy (non-hydrogen) atoms. The molecule has 5 nitrogen and oxygen atoms in total. The van der Waals surface area contributed by atoms with Gasteiger partial charge in [0.2, 0.25) is 0 Å². The lowest BCUT2D eigenvalue weighted by Crippen LogP contribution is -2.32. The number of amides is 1. The van der Waals surface area contributed by atoms with Crippen molar-refractivity contribution in [3.8, 4) is 0 Å². The van der Waals surface area contributed by atoms with Gasteiger partial charge in [0.25, 0.3) is 5.91 Å². The lowest BCUT2D eigenvalue weighted by atomic mass is 10.2. The zero-order valence-electron chi connectivity index (χ0n) is 10.7. The van der Waals surface area contributed by atoms with Crippen LogP contribution < -0.4 is 11.1 Å². The molecule has 0 aromatic heterocycles. The van der Waals surface area contributed by atoms with Gasteiger partial charge in [-0.2, -0.15) is 0 Å². The Labute approximate surface area is 117 Å². The highest BCUT2D eigenvalue weighted by molar-refractivity contribution is 6.31. The second-order valence-electron chi connectivity index (χ2n) is 4.48. The third kappa shape index (κ3) is 3.83. The molecular weight excluding hydrogens is 268 g/mol. The molecule has 1 aromatic carbocycles. The highest BCUT2D eigenvalue weighted by Crippen LogP contribution is 2.23. The number of ether oxygens (including phenoxy) is 2. The Hall–Kier alpha value is -1.30. The van der Waals surface area contributed by atoms with E-state index in [2.05, 4.69) is 5.32 Å². The van der Waals surface area contributed by atoms with E-state index < -0.39 is 6.10 Å². The first-order valence-electron chi connectivity index (χ1n) is 6.15. The van der Waals surface area contributed by atoms with Crippen LogP contribution in [0.4, 0.5) is 11.4 Å². The van der Waals surface area contributed by atoms with Crippen LogP contribution in [0.5, 0.6) is 0 Å². The van der Waals surface area contributed by atoms with Crippen LogP contribution >= 0.6 is 11.6 Å². The lowest BCUT2D eigenvalue weighted by molar-refractivity contribution is -0.129. The van der Waals surface area contributed by atoms with Gasteiger partial charge in [-0.1, -0.05) is 11.6 Å². The summed E-state index contributed by atoms with van der Waals surface area (Å²) in [7, 11) is 0. The first-order chi connectivity index (χ1) is 9.06. The fourth-order valence-corrected chi connectivity index (χ4v) is 2.01. The smallest absolute Gasteiger partial charge is 0.253 e. The Bertz CT molecular complexity index is 461. The SMILES string of the molecule is CC(OC1CCOC1)C(=O)Nc1cc(Cl)ccc1N. The van der Waals surface area contributed by atoms with E-state index in [4.69, 9.17) is 26.8 Å². The normalized spacial score (nSPS) is 20.2. The zero-order chi connectivity index (χ0) is 13.8. The fourth-order valence-electron chi connectivity index (χ4n) is 1.84. The Morgan fingerprint density at radius 2 is 2.42 bits per heavy atom. The largest absolute Gasteiger partial charge is 0.397 e. The van der Waals surface area contributed by atoms with Gasteiger partial charge < -0.3 is 20.5 Å². The number of hydrogen-bond donors (Lipinski definition) is 2. The second-order valence-corrected chi connectivity index (χ2v) is 4.92. The van der Waals surface area contributed by atoms with Crippen LogP contribution in [0, 0.1) is 0 Å². The lowest BCUT2D eigenvalue weighted by Gasteiger charge is -2.17. The van der Waals surface area contributed by atoms with Crippen molar-refractivity contribution in [2.24, 2.45) is 0 Å². The van der Waals surface area contributed by atoms with Crippen LogP contribution in [-0.2, 0) is 14.3 Å². The summed E-state index contributed by atoms with van der Waals surface area (Å²) in [6.45, 7) is 2.92. The maximum Gasteiger partial charge on any atom is 0.253 e. The number of halogens is 1. The van der Waals surface area contributed by atoms with Crippen molar-refractivity contribution >= 4 is 28.9 Å². The van der Waals surface area contributed by atoms with E-state index >= 15 is 0 Å². The molecule has 1 saturated heterocycles. The average Bonchev–Trinajstić information content (AvgIpc) is 2.86. The Morgan fingerprint density at radius 3 is 3.11 bits per heavy atom. The molecule has 0 saturated carbocycles. The monoisotopic (exact) mass is 284 g/mol. The van der Waals surface area contributed by atoms with E-state index in [9.17, 15) is 4.79 Å². The standard InChI is InChI=1S/C13H17ClN2O3/c1-8(19-10-4-5-18-7-10)13(17)16-12-6-9(14)2-3-11(12)15/h2-3,6,8,10H,4-5,7,15H2,1H3,(H,16,17). The van der Waals surface area contributed by atoms with Crippen LogP contribution in [-0.4, -0.2) is 31.3 Å². The molecule has 1 amide bonds. The first-order valence-corrected chi connectivity index (χ1v) is 6.53. The number of rotatable bonds is 4. The first kappa shape index (κ1) is 14.1. The molecule has 0 spiro atoms. The average molecular weight is 285 g/mol. The number of nitrogen functional groups attached to an aromatic ring is 1. The predicted octanol–water partition coefficient (Wildman–Crippen LogP) is 2.05. The van der Waals surface area contributed by atoms with Gasteiger partial charge in [0.1, 0.15) is 6.10 Å². The van der Waals surface area contributed by atoms with Gasteiger partial charge in [-0.15, -0.1) is 0 Å². The van der Waals surface area contributed by atoms with Gasteiger partial charge in [-0.25, -0.2) is 0 Å². The number of carbonyl (C=O) groups excluding carboxylic acids is 1. The molecule has 104 valence electrons. The van der Waals surface area contributed by atoms with Crippen LogP contribution in [0.25, 0.3) is 0 Å². The Kier molecular flexibility index (Phi) is 4.63. The Morgan fingerprint density at radius 1 is 1.63 bits per heavy atom. The maximum atomic E-state index is 12.0. The molecule has 0 radical (unpaired) electrons. The highest BCUT2D eigenvalue weighted by atomic mass is 35.5. The number of benzene rings is 1. The predicted molar refractivity (Wildman–Crippen MR) is 74.3 cm³/mol. The quantitative estimate of drug-likeness (QED) is 0.830. The third-order valence-corrected chi connectivity index (χ3v) is 3.16. The fraction of sp³-hybridized carbons (Fsp3) is 0.462. The van der Waals surface area contributed by atoms with Crippen molar-refractivity contribution in [3.05, 3.63) is 23.2 Å². The zero-order valence-corrected chi connectivity index (χ0v) is 11.4. The number of anilines is 2. The summed E-state index contributed by atoms with van der Waals surface area (Å²) in [6.07, 6.45) is 0.235. The summed E-state index contributed by atoms with van der Waals surface area (Å²) in [5, 5.41) is 3.23. The van der Waals surface area contributed by atoms with Gasteiger partial charge in [0.15, 0.2) is 0 Å². The minimum atomic E-state index is -0.565. The van der Waals surface area contributed by atoms with Gasteiger partial charge >= 0.3 is 0 Å². The van der Waals surface area contributed by atoms with E-state index in [1.165, 1.54) is 0 Å². The van der Waals surface area contributed by atoms with Gasteiger partial charge in [0, 0.05) is 11.6 Å². The van der Waals surface area contributed by atoms with Crippen molar-refractivity contribution in [2.45, 2.75) is 25.6 Å². The van der Waals surface area contributed by atoms with Crippen molar-refractivity contribution in [1.29, 1.82) is 0 Å². The maximum absolute atomic E-state index is 12.0. The number of hydrogen-bond acceptors (Lipinski definition) is 4.